The van der Waals surface area contributed by atoms with Crippen molar-refractivity contribution in [3.8, 4) is 0 Å². The van der Waals surface area contributed by atoms with Crippen LogP contribution in [-0.4, -0.2) is 39.4 Å². The van der Waals surface area contributed by atoms with Gasteiger partial charge in [-0.05, 0) is 39.8 Å². The number of pyridine rings is 1. The van der Waals surface area contributed by atoms with Crippen LogP contribution >= 0.6 is 0 Å². The summed E-state index contributed by atoms with van der Waals surface area (Å²) < 4.78 is 11.9. The first kappa shape index (κ1) is 15.7. The van der Waals surface area contributed by atoms with Gasteiger partial charge in [0.2, 0.25) is 0 Å². The SMILES string of the molecule is CC1(C)OB(c2cccc(NC(=O)c3cn[nH]c3)n2)OC1(C)C. The second-order valence-electron chi connectivity index (χ2n) is 6.48. The average Bonchev–Trinajstić information content (AvgIpc) is 3.06. The zero-order valence-electron chi connectivity index (χ0n) is 13.6. The monoisotopic (exact) mass is 314 g/mol. The van der Waals surface area contributed by atoms with Gasteiger partial charge in [-0.15, -0.1) is 0 Å². The average molecular weight is 314 g/mol. The molecule has 3 rings (SSSR count). The highest BCUT2D eigenvalue weighted by atomic mass is 16.7. The van der Waals surface area contributed by atoms with Crippen molar-refractivity contribution in [1.82, 2.24) is 15.2 Å². The lowest BCUT2D eigenvalue weighted by Gasteiger charge is -2.32. The van der Waals surface area contributed by atoms with Crippen molar-refractivity contribution in [3.05, 3.63) is 36.2 Å². The summed E-state index contributed by atoms with van der Waals surface area (Å²) in [4.78, 5) is 16.5. The molecule has 0 atom stereocenters. The van der Waals surface area contributed by atoms with Crippen molar-refractivity contribution in [2.45, 2.75) is 38.9 Å². The maximum atomic E-state index is 12.0. The third-order valence-corrected chi connectivity index (χ3v) is 4.27. The fourth-order valence-electron chi connectivity index (χ4n) is 2.18. The molecule has 2 aromatic rings. The predicted octanol–water partition coefficient (Wildman–Crippen LogP) is 1.36. The number of hydrogen-bond acceptors (Lipinski definition) is 5. The minimum atomic E-state index is -0.564. The summed E-state index contributed by atoms with van der Waals surface area (Å²) in [6.45, 7) is 7.93. The summed E-state index contributed by atoms with van der Waals surface area (Å²) in [5.74, 6) is 0.153. The summed E-state index contributed by atoms with van der Waals surface area (Å²) in [6, 6.07) is 5.33. The lowest BCUT2D eigenvalue weighted by molar-refractivity contribution is 0.00578. The number of aromatic nitrogens is 3. The topological polar surface area (TPSA) is 89.1 Å². The van der Waals surface area contributed by atoms with Gasteiger partial charge < -0.3 is 14.6 Å². The van der Waals surface area contributed by atoms with E-state index in [1.54, 1.807) is 12.1 Å². The fourth-order valence-corrected chi connectivity index (χ4v) is 2.18. The van der Waals surface area contributed by atoms with E-state index >= 15 is 0 Å². The predicted molar refractivity (Wildman–Crippen MR) is 86.5 cm³/mol. The van der Waals surface area contributed by atoms with E-state index in [2.05, 4.69) is 20.5 Å². The van der Waals surface area contributed by atoms with Crippen molar-refractivity contribution < 1.29 is 14.1 Å². The molecule has 120 valence electrons. The van der Waals surface area contributed by atoms with Gasteiger partial charge >= 0.3 is 7.12 Å². The Morgan fingerprint density at radius 3 is 2.52 bits per heavy atom. The maximum absolute atomic E-state index is 12.0. The zero-order chi connectivity index (χ0) is 16.7. The second-order valence-corrected chi connectivity index (χ2v) is 6.48. The first-order valence-electron chi connectivity index (χ1n) is 7.41. The van der Waals surface area contributed by atoms with E-state index in [0.29, 0.717) is 17.0 Å². The van der Waals surface area contributed by atoms with Crippen molar-refractivity contribution >= 4 is 24.4 Å². The Hall–Kier alpha value is -2.19. The Morgan fingerprint density at radius 1 is 1.22 bits per heavy atom. The van der Waals surface area contributed by atoms with Crippen LogP contribution in [0.5, 0.6) is 0 Å². The highest BCUT2D eigenvalue weighted by Gasteiger charge is 2.52. The number of aromatic amines is 1. The molecule has 8 heteroatoms. The smallest absolute Gasteiger partial charge is 0.398 e. The molecule has 1 saturated heterocycles. The molecule has 1 aliphatic heterocycles. The first-order chi connectivity index (χ1) is 10.8. The Morgan fingerprint density at radius 2 is 1.91 bits per heavy atom. The number of carbonyl (C=O) groups excluding carboxylic acids is 1. The lowest BCUT2D eigenvalue weighted by atomic mass is 9.84. The van der Waals surface area contributed by atoms with Gasteiger partial charge in [0.1, 0.15) is 5.82 Å². The normalized spacial score (nSPS) is 18.9. The van der Waals surface area contributed by atoms with Crippen LogP contribution in [0.1, 0.15) is 38.1 Å². The summed E-state index contributed by atoms with van der Waals surface area (Å²) in [6.07, 6.45) is 2.97. The quantitative estimate of drug-likeness (QED) is 0.835. The molecule has 1 aliphatic rings. The third-order valence-electron chi connectivity index (χ3n) is 4.27. The molecule has 1 amide bonds. The molecule has 0 spiro atoms. The summed E-state index contributed by atoms with van der Waals surface area (Å²) in [5.41, 5.74) is 0.187. The molecule has 23 heavy (non-hydrogen) atoms. The van der Waals surface area contributed by atoms with Crippen LogP contribution in [-0.2, 0) is 9.31 Å². The minimum Gasteiger partial charge on any atom is -0.398 e. The van der Waals surface area contributed by atoms with Gasteiger partial charge in [0.05, 0.1) is 28.6 Å². The molecule has 0 saturated carbocycles. The Balaban J connectivity index is 1.77. The maximum Gasteiger partial charge on any atom is 0.514 e. The number of anilines is 1. The summed E-state index contributed by atoms with van der Waals surface area (Å²) in [5, 5.41) is 9.08. The van der Waals surface area contributed by atoms with Crippen LogP contribution in [0, 0.1) is 0 Å². The molecule has 0 bridgehead atoms. The number of hydrogen-bond donors (Lipinski definition) is 2. The van der Waals surface area contributed by atoms with E-state index in [4.69, 9.17) is 9.31 Å². The molecule has 0 radical (unpaired) electrons. The van der Waals surface area contributed by atoms with Crippen molar-refractivity contribution in [2.75, 3.05) is 5.32 Å². The number of nitrogens with one attached hydrogen (secondary N) is 2. The molecule has 0 aliphatic carbocycles. The standard InChI is InChI=1S/C15H19BN4O3/c1-14(2)15(3,4)23-16(22-14)11-6-5-7-12(19-11)20-13(21)10-8-17-18-9-10/h5-9H,1-4H3,(H,17,18)(H,19,20,21). The molecule has 7 nitrogen and oxygen atoms in total. The van der Waals surface area contributed by atoms with Crippen LogP contribution in [0.15, 0.2) is 30.6 Å². The number of nitrogens with zero attached hydrogens (tertiary/aromatic N) is 2. The number of amides is 1. The van der Waals surface area contributed by atoms with Gasteiger partial charge in [-0.3, -0.25) is 9.89 Å². The first-order valence-corrected chi connectivity index (χ1v) is 7.41. The number of H-pyrrole nitrogens is 1. The van der Waals surface area contributed by atoms with E-state index in [1.165, 1.54) is 12.4 Å². The number of carbonyl (C=O) groups is 1. The van der Waals surface area contributed by atoms with Gasteiger partial charge in [0.15, 0.2) is 0 Å². The summed E-state index contributed by atoms with van der Waals surface area (Å²) >= 11 is 0. The van der Waals surface area contributed by atoms with E-state index in [-0.39, 0.29) is 5.91 Å². The van der Waals surface area contributed by atoms with Crippen LogP contribution in [0.4, 0.5) is 5.82 Å². The molecular weight excluding hydrogens is 295 g/mol. The van der Waals surface area contributed by atoms with E-state index in [0.717, 1.165) is 0 Å². The Bertz CT molecular complexity index is 699. The van der Waals surface area contributed by atoms with Gasteiger partial charge in [0.25, 0.3) is 5.91 Å². The largest absolute Gasteiger partial charge is 0.514 e. The van der Waals surface area contributed by atoms with E-state index in [1.807, 2.05) is 33.8 Å². The molecule has 3 heterocycles. The molecular formula is C15H19BN4O3. The molecule has 2 N–H and O–H groups in total. The Kier molecular flexibility index (Phi) is 3.73. The molecule has 1 fully saturated rings. The highest BCUT2D eigenvalue weighted by molar-refractivity contribution is 6.61. The minimum absolute atomic E-state index is 0.280. The van der Waals surface area contributed by atoms with E-state index in [9.17, 15) is 4.79 Å². The third kappa shape index (κ3) is 3.00. The lowest BCUT2D eigenvalue weighted by Crippen LogP contribution is -2.41. The molecule has 0 unspecified atom stereocenters. The van der Waals surface area contributed by atoms with Crippen LogP contribution < -0.4 is 10.9 Å². The zero-order valence-corrected chi connectivity index (χ0v) is 13.6. The van der Waals surface area contributed by atoms with Crippen LogP contribution in [0.25, 0.3) is 0 Å². The van der Waals surface area contributed by atoms with Crippen molar-refractivity contribution in [1.29, 1.82) is 0 Å². The van der Waals surface area contributed by atoms with Gasteiger partial charge in [0, 0.05) is 6.20 Å². The second kappa shape index (κ2) is 5.47. The van der Waals surface area contributed by atoms with Gasteiger partial charge in [-0.2, -0.15) is 5.10 Å². The number of rotatable bonds is 3. The molecule has 0 aromatic carbocycles. The van der Waals surface area contributed by atoms with Crippen LogP contribution in [0.2, 0.25) is 0 Å². The highest BCUT2D eigenvalue weighted by Crippen LogP contribution is 2.36. The van der Waals surface area contributed by atoms with Gasteiger partial charge in [-0.25, -0.2) is 4.98 Å². The van der Waals surface area contributed by atoms with Gasteiger partial charge in [-0.1, -0.05) is 6.07 Å². The Labute approximate surface area is 134 Å². The van der Waals surface area contributed by atoms with Crippen molar-refractivity contribution in [2.24, 2.45) is 0 Å². The van der Waals surface area contributed by atoms with Crippen LogP contribution in [0.3, 0.4) is 0 Å². The molecule has 2 aromatic heterocycles. The summed E-state index contributed by atoms with van der Waals surface area (Å²) in [7, 11) is -0.564. The van der Waals surface area contributed by atoms with Crippen molar-refractivity contribution in [3.63, 3.8) is 0 Å². The fraction of sp³-hybridized carbons (Fsp3) is 0.400. The van der Waals surface area contributed by atoms with E-state index < -0.39 is 18.3 Å².